The van der Waals surface area contributed by atoms with Crippen LogP contribution in [-0.4, -0.2) is 43.5 Å². The molecule has 1 aliphatic carbocycles. The lowest BCUT2D eigenvalue weighted by Gasteiger charge is -2.24. The minimum Gasteiger partial charge on any atom is -0.497 e. The number of hydrogen-bond acceptors (Lipinski definition) is 4. The number of rotatable bonds is 8. The normalized spacial score (nSPS) is 16.7. The number of ether oxygens (including phenoxy) is 2. The molecular formula is C22H34N2O3. The molecule has 1 N–H and O–H groups in total. The van der Waals surface area contributed by atoms with Crippen LogP contribution in [0, 0.1) is 5.41 Å². The SMILES string of the molecule is C=C(C)\C(=C/C=C(C)/C(C)=C(\COC(=O)N(C)C1CCCC1)C(C)=N)OC. The van der Waals surface area contributed by atoms with E-state index in [1.165, 1.54) is 0 Å². The molecule has 1 amide bonds. The fraction of sp³-hybridized carbons (Fsp3) is 0.545. The number of carbonyl (C=O) groups excluding carboxylic acids is 1. The highest BCUT2D eigenvalue weighted by atomic mass is 16.6. The number of carbonyl (C=O) groups is 1. The third-order valence-corrected chi connectivity index (χ3v) is 5.12. The maximum atomic E-state index is 12.3. The third kappa shape index (κ3) is 6.74. The Kier molecular flexibility index (Phi) is 9.06. The van der Waals surface area contributed by atoms with E-state index < -0.39 is 0 Å². The number of amides is 1. The van der Waals surface area contributed by atoms with Crippen molar-refractivity contribution in [3.05, 3.63) is 46.8 Å². The first-order chi connectivity index (χ1) is 12.7. The number of methoxy groups -OCH3 is 1. The van der Waals surface area contributed by atoms with Crippen molar-refractivity contribution < 1.29 is 14.3 Å². The number of nitrogens with one attached hydrogen (secondary N) is 1. The van der Waals surface area contributed by atoms with Gasteiger partial charge in [0.2, 0.25) is 0 Å². The summed E-state index contributed by atoms with van der Waals surface area (Å²) in [4.78, 5) is 14.0. The van der Waals surface area contributed by atoms with Gasteiger partial charge >= 0.3 is 6.09 Å². The molecule has 1 saturated carbocycles. The van der Waals surface area contributed by atoms with Crippen molar-refractivity contribution in [2.45, 2.75) is 59.4 Å². The quantitative estimate of drug-likeness (QED) is 0.351. The molecule has 0 heterocycles. The van der Waals surface area contributed by atoms with E-state index in [2.05, 4.69) is 6.58 Å². The van der Waals surface area contributed by atoms with E-state index in [-0.39, 0.29) is 18.7 Å². The van der Waals surface area contributed by atoms with E-state index in [1.807, 2.05) is 32.9 Å². The maximum Gasteiger partial charge on any atom is 0.410 e. The fourth-order valence-corrected chi connectivity index (χ4v) is 3.12. The van der Waals surface area contributed by atoms with Gasteiger partial charge < -0.3 is 19.8 Å². The Morgan fingerprint density at radius 1 is 1.19 bits per heavy atom. The lowest BCUT2D eigenvalue weighted by molar-refractivity contribution is 0.106. The predicted octanol–water partition coefficient (Wildman–Crippen LogP) is 5.41. The molecule has 0 aromatic carbocycles. The van der Waals surface area contributed by atoms with Crippen LogP contribution < -0.4 is 0 Å². The number of nitrogens with zero attached hydrogens (tertiary/aromatic N) is 1. The first-order valence-electron chi connectivity index (χ1n) is 9.42. The van der Waals surface area contributed by atoms with Gasteiger partial charge in [0.1, 0.15) is 12.4 Å². The van der Waals surface area contributed by atoms with Gasteiger partial charge in [-0.2, -0.15) is 0 Å². The summed E-state index contributed by atoms with van der Waals surface area (Å²) in [5.41, 5.74) is 3.86. The number of hydrogen-bond donors (Lipinski definition) is 1. The Bertz CT molecular complexity index is 665. The van der Waals surface area contributed by atoms with Crippen LogP contribution >= 0.6 is 0 Å². The molecule has 27 heavy (non-hydrogen) atoms. The maximum absolute atomic E-state index is 12.3. The Hall–Kier alpha value is -2.30. The van der Waals surface area contributed by atoms with Gasteiger partial charge in [0, 0.05) is 24.4 Å². The molecule has 150 valence electrons. The first kappa shape index (κ1) is 22.7. The second-order valence-corrected chi connectivity index (χ2v) is 7.20. The molecule has 0 aromatic rings. The van der Waals surface area contributed by atoms with Gasteiger partial charge in [0.25, 0.3) is 0 Å². The third-order valence-electron chi connectivity index (χ3n) is 5.12. The summed E-state index contributed by atoms with van der Waals surface area (Å²) in [5, 5.41) is 8.07. The Morgan fingerprint density at radius 2 is 1.78 bits per heavy atom. The summed E-state index contributed by atoms with van der Waals surface area (Å²) in [7, 11) is 3.41. The van der Waals surface area contributed by atoms with Crippen molar-refractivity contribution in [2.75, 3.05) is 20.8 Å². The van der Waals surface area contributed by atoms with Gasteiger partial charge in [-0.15, -0.1) is 0 Å². The van der Waals surface area contributed by atoms with Crippen molar-refractivity contribution in [3.8, 4) is 0 Å². The molecule has 0 aliphatic heterocycles. The van der Waals surface area contributed by atoms with Gasteiger partial charge in [-0.05, 0) is 63.3 Å². The molecule has 0 aromatic heterocycles. The largest absolute Gasteiger partial charge is 0.497 e. The second kappa shape index (κ2) is 10.8. The molecule has 0 radical (unpaired) electrons. The van der Waals surface area contributed by atoms with Crippen molar-refractivity contribution in [2.24, 2.45) is 0 Å². The first-order valence-corrected chi connectivity index (χ1v) is 9.42. The van der Waals surface area contributed by atoms with E-state index in [0.717, 1.165) is 48.0 Å². The minimum absolute atomic E-state index is 0.101. The van der Waals surface area contributed by atoms with Crippen LogP contribution in [0.3, 0.4) is 0 Å². The fourth-order valence-electron chi connectivity index (χ4n) is 3.12. The lowest BCUT2D eigenvalue weighted by atomic mass is 9.99. The van der Waals surface area contributed by atoms with Crippen LogP contribution in [0.1, 0.15) is 53.4 Å². The monoisotopic (exact) mass is 374 g/mol. The molecule has 0 atom stereocenters. The molecule has 1 aliphatic rings. The molecular weight excluding hydrogens is 340 g/mol. The van der Waals surface area contributed by atoms with Gasteiger partial charge in [-0.25, -0.2) is 4.79 Å². The van der Waals surface area contributed by atoms with Gasteiger partial charge in [-0.1, -0.05) is 25.5 Å². The zero-order valence-electron chi connectivity index (χ0n) is 17.6. The van der Waals surface area contributed by atoms with Crippen LogP contribution in [0.4, 0.5) is 4.79 Å². The van der Waals surface area contributed by atoms with Crippen molar-refractivity contribution in [3.63, 3.8) is 0 Å². The Balaban J connectivity index is 2.89. The van der Waals surface area contributed by atoms with Gasteiger partial charge in [0.15, 0.2) is 0 Å². The molecule has 0 saturated heterocycles. The van der Waals surface area contributed by atoms with Crippen LogP contribution in [0.5, 0.6) is 0 Å². The Labute approximate surface area is 163 Å². The molecule has 1 rings (SSSR count). The van der Waals surface area contributed by atoms with Crippen molar-refractivity contribution in [1.29, 1.82) is 5.41 Å². The van der Waals surface area contributed by atoms with E-state index in [0.29, 0.717) is 11.5 Å². The summed E-state index contributed by atoms with van der Waals surface area (Å²) >= 11 is 0. The van der Waals surface area contributed by atoms with Crippen LogP contribution in [0.2, 0.25) is 0 Å². The Morgan fingerprint density at radius 3 is 2.26 bits per heavy atom. The van der Waals surface area contributed by atoms with Gasteiger partial charge in [0.05, 0.1) is 7.11 Å². The number of allylic oxidation sites excluding steroid dienone is 5. The van der Waals surface area contributed by atoms with E-state index in [4.69, 9.17) is 14.9 Å². The molecule has 1 fully saturated rings. The topological polar surface area (TPSA) is 62.6 Å². The second-order valence-electron chi connectivity index (χ2n) is 7.20. The zero-order valence-corrected chi connectivity index (χ0v) is 17.6. The summed E-state index contributed by atoms with van der Waals surface area (Å²) in [6, 6.07) is 0.272. The predicted molar refractivity (Wildman–Crippen MR) is 111 cm³/mol. The van der Waals surface area contributed by atoms with E-state index in [1.54, 1.807) is 26.0 Å². The molecule has 0 spiro atoms. The smallest absolute Gasteiger partial charge is 0.410 e. The van der Waals surface area contributed by atoms with Crippen LogP contribution in [0.25, 0.3) is 0 Å². The highest BCUT2D eigenvalue weighted by Gasteiger charge is 2.24. The average molecular weight is 375 g/mol. The average Bonchev–Trinajstić information content (AvgIpc) is 3.15. The summed E-state index contributed by atoms with van der Waals surface area (Å²) in [6.07, 6.45) is 7.87. The van der Waals surface area contributed by atoms with Gasteiger partial charge in [-0.3, -0.25) is 0 Å². The zero-order chi connectivity index (χ0) is 20.6. The lowest BCUT2D eigenvalue weighted by Crippen LogP contribution is -2.36. The summed E-state index contributed by atoms with van der Waals surface area (Å²) in [6.45, 7) is 11.5. The standard InChI is InChI=1S/C22H34N2O3/c1-15(2)21(26-7)13-12-16(3)17(4)20(18(5)23)14-27-22(25)24(6)19-10-8-9-11-19/h12-13,19,23H,1,8-11,14H2,2-7H3/b16-12+,20-17+,21-13+,23-18?. The minimum atomic E-state index is -0.320. The van der Waals surface area contributed by atoms with E-state index in [9.17, 15) is 4.79 Å². The van der Waals surface area contributed by atoms with Crippen LogP contribution in [-0.2, 0) is 9.47 Å². The summed E-state index contributed by atoms with van der Waals surface area (Å²) in [5.74, 6) is 0.708. The molecule has 0 unspecified atom stereocenters. The highest BCUT2D eigenvalue weighted by molar-refractivity contribution is 5.97. The molecule has 5 heteroatoms. The van der Waals surface area contributed by atoms with Crippen molar-refractivity contribution in [1.82, 2.24) is 4.90 Å². The molecule has 0 bridgehead atoms. The van der Waals surface area contributed by atoms with Crippen molar-refractivity contribution >= 4 is 11.8 Å². The van der Waals surface area contributed by atoms with E-state index >= 15 is 0 Å². The highest BCUT2D eigenvalue weighted by Crippen LogP contribution is 2.23. The molecule has 5 nitrogen and oxygen atoms in total. The summed E-state index contributed by atoms with van der Waals surface area (Å²) < 4.78 is 10.8. The van der Waals surface area contributed by atoms with Crippen LogP contribution in [0.15, 0.2) is 46.8 Å².